The van der Waals surface area contributed by atoms with Gasteiger partial charge in [0.25, 0.3) is 11.1 Å². The number of aromatic nitrogens is 4. The Morgan fingerprint density at radius 3 is 2.50 bits per heavy atom. The molecule has 0 aliphatic carbocycles. The monoisotopic (exact) mass is 381 g/mol. The Labute approximate surface area is 125 Å². The quantitative estimate of drug-likeness (QED) is 0.582. The second-order valence-corrected chi connectivity index (χ2v) is 5.23. The first-order chi connectivity index (χ1) is 9.65. The fourth-order valence-corrected chi connectivity index (χ4v) is 2.11. The first-order valence-corrected chi connectivity index (χ1v) is 6.71. The van der Waals surface area contributed by atoms with Gasteiger partial charge in [-0.15, -0.1) is 0 Å². The number of nitrogens with zero attached hydrogens (tertiary/aromatic N) is 2. The molecule has 0 radical (unpaired) electrons. The standard InChI is InChI=1S/C12H8IN5O2/c13-6-4-14-12(15-5-6)16-8-3-1-2-7-9(8)11(20)18-17-10(7)19/h1-5H,(H,17,19)(H,18,20)(H,14,15,16). The van der Waals surface area contributed by atoms with Gasteiger partial charge in [-0.2, -0.15) is 0 Å². The molecule has 7 nitrogen and oxygen atoms in total. The number of anilines is 2. The summed E-state index contributed by atoms with van der Waals surface area (Å²) < 4.78 is 0.903. The summed E-state index contributed by atoms with van der Waals surface area (Å²) in [5.41, 5.74) is -0.254. The maximum Gasteiger partial charge on any atom is 0.272 e. The van der Waals surface area contributed by atoms with Gasteiger partial charge in [-0.1, -0.05) is 6.07 Å². The Balaban J connectivity index is 2.17. The van der Waals surface area contributed by atoms with Gasteiger partial charge in [0.1, 0.15) is 0 Å². The molecule has 0 atom stereocenters. The van der Waals surface area contributed by atoms with E-state index in [1.54, 1.807) is 30.6 Å². The third-order valence-electron chi connectivity index (χ3n) is 2.69. The van der Waals surface area contributed by atoms with Crippen LogP contribution in [-0.4, -0.2) is 20.2 Å². The topological polar surface area (TPSA) is 104 Å². The van der Waals surface area contributed by atoms with Crippen molar-refractivity contribution >= 4 is 45.0 Å². The highest BCUT2D eigenvalue weighted by molar-refractivity contribution is 14.1. The lowest BCUT2D eigenvalue weighted by atomic mass is 10.1. The van der Waals surface area contributed by atoms with E-state index in [0.717, 1.165) is 3.57 Å². The summed E-state index contributed by atoms with van der Waals surface area (Å²) in [6.07, 6.45) is 3.30. The van der Waals surface area contributed by atoms with Gasteiger partial charge >= 0.3 is 0 Å². The minimum Gasteiger partial charge on any atom is -0.323 e. The van der Waals surface area contributed by atoms with Crippen molar-refractivity contribution in [2.45, 2.75) is 0 Å². The van der Waals surface area contributed by atoms with Crippen LogP contribution in [0, 0.1) is 3.57 Å². The fourth-order valence-electron chi connectivity index (χ4n) is 1.83. The minimum atomic E-state index is -0.381. The first kappa shape index (κ1) is 12.8. The average molecular weight is 381 g/mol. The number of halogens is 1. The number of hydrogen-bond acceptors (Lipinski definition) is 5. The fraction of sp³-hybridized carbons (Fsp3) is 0. The number of H-pyrrole nitrogens is 2. The maximum absolute atomic E-state index is 11.9. The SMILES string of the molecule is O=c1[nH][nH]c(=O)c2c(Nc3ncc(I)cn3)cccc12. The third-order valence-corrected chi connectivity index (χ3v) is 3.25. The average Bonchev–Trinajstić information content (AvgIpc) is 2.46. The Morgan fingerprint density at radius 2 is 1.75 bits per heavy atom. The molecular formula is C12H8IN5O2. The number of aromatic amines is 2. The zero-order valence-electron chi connectivity index (χ0n) is 9.98. The zero-order valence-corrected chi connectivity index (χ0v) is 12.1. The molecule has 20 heavy (non-hydrogen) atoms. The minimum absolute atomic E-state index is 0.276. The highest BCUT2D eigenvalue weighted by atomic mass is 127. The molecule has 0 saturated heterocycles. The van der Waals surface area contributed by atoms with Crippen LogP contribution in [0.3, 0.4) is 0 Å². The zero-order chi connectivity index (χ0) is 14.1. The van der Waals surface area contributed by atoms with E-state index in [9.17, 15) is 9.59 Å². The van der Waals surface area contributed by atoms with Crippen LogP contribution in [-0.2, 0) is 0 Å². The predicted octanol–water partition coefficient (Wildman–Crippen LogP) is 1.35. The van der Waals surface area contributed by atoms with Crippen LogP contribution in [0.4, 0.5) is 11.6 Å². The van der Waals surface area contributed by atoms with Crippen LogP contribution in [0.5, 0.6) is 0 Å². The Kier molecular flexibility index (Phi) is 3.22. The molecule has 8 heteroatoms. The van der Waals surface area contributed by atoms with Crippen LogP contribution >= 0.6 is 22.6 Å². The smallest absolute Gasteiger partial charge is 0.272 e. The highest BCUT2D eigenvalue weighted by Gasteiger charge is 2.09. The molecular weight excluding hydrogens is 373 g/mol. The van der Waals surface area contributed by atoms with Crippen molar-refractivity contribution in [1.82, 2.24) is 20.2 Å². The van der Waals surface area contributed by atoms with Crippen molar-refractivity contribution in [3.05, 3.63) is 54.9 Å². The van der Waals surface area contributed by atoms with Gasteiger partial charge in [-0.05, 0) is 34.7 Å². The maximum atomic E-state index is 11.9. The molecule has 0 unspecified atom stereocenters. The van der Waals surface area contributed by atoms with E-state index in [-0.39, 0.29) is 16.5 Å². The molecule has 3 rings (SSSR count). The van der Waals surface area contributed by atoms with Gasteiger partial charge in [-0.25, -0.2) is 9.97 Å². The molecule has 0 spiro atoms. The second kappa shape index (κ2) is 5.04. The lowest BCUT2D eigenvalue weighted by Crippen LogP contribution is -2.19. The molecule has 100 valence electrons. The summed E-state index contributed by atoms with van der Waals surface area (Å²) in [4.78, 5) is 31.8. The van der Waals surface area contributed by atoms with Crippen molar-refractivity contribution in [3.63, 3.8) is 0 Å². The summed E-state index contributed by atoms with van der Waals surface area (Å²) in [6.45, 7) is 0. The van der Waals surface area contributed by atoms with Crippen LogP contribution in [0.15, 0.2) is 40.2 Å². The third kappa shape index (κ3) is 2.29. The Morgan fingerprint density at radius 1 is 1.05 bits per heavy atom. The largest absolute Gasteiger partial charge is 0.323 e. The van der Waals surface area contributed by atoms with E-state index < -0.39 is 0 Å². The normalized spacial score (nSPS) is 10.7. The molecule has 2 aromatic heterocycles. The summed E-state index contributed by atoms with van der Waals surface area (Å²) in [5.74, 6) is 0.359. The van der Waals surface area contributed by atoms with Crippen molar-refractivity contribution < 1.29 is 0 Å². The van der Waals surface area contributed by atoms with Gasteiger partial charge in [0.05, 0.1) is 16.5 Å². The molecule has 0 saturated carbocycles. The summed E-state index contributed by atoms with van der Waals surface area (Å²) in [5, 5.41) is 8.12. The highest BCUT2D eigenvalue weighted by Crippen LogP contribution is 2.19. The molecule has 1 aromatic carbocycles. The molecule has 0 amide bonds. The van der Waals surface area contributed by atoms with Gasteiger partial charge in [-0.3, -0.25) is 19.8 Å². The molecule has 0 aliphatic heterocycles. The number of benzene rings is 1. The van der Waals surface area contributed by atoms with Crippen LogP contribution in [0.25, 0.3) is 10.8 Å². The molecule has 0 fully saturated rings. The molecule has 3 aromatic rings. The van der Waals surface area contributed by atoms with Gasteiger partial charge in [0.2, 0.25) is 5.95 Å². The predicted molar refractivity (Wildman–Crippen MR) is 83.2 cm³/mol. The number of hydrogen-bond donors (Lipinski definition) is 3. The molecule has 3 N–H and O–H groups in total. The summed E-state index contributed by atoms with van der Waals surface area (Å²) >= 11 is 2.10. The van der Waals surface area contributed by atoms with Gasteiger partial charge in [0.15, 0.2) is 0 Å². The van der Waals surface area contributed by atoms with E-state index in [4.69, 9.17) is 0 Å². The molecule has 0 bridgehead atoms. The van der Waals surface area contributed by atoms with Crippen molar-refractivity contribution in [2.75, 3.05) is 5.32 Å². The number of rotatable bonds is 2. The number of nitrogens with one attached hydrogen (secondary N) is 3. The van der Waals surface area contributed by atoms with Gasteiger partial charge < -0.3 is 5.32 Å². The van der Waals surface area contributed by atoms with Gasteiger partial charge in [0, 0.05) is 16.0 Å². The van der Waals surface area contributed by atoms with E-state index in [0.29, 0.717) is 17.0 Å². The van der Waals surface area contributed by atoms with E-state index >= 15 is 0 Å². The second-order valence-electron chi connectivity index (χ2n) is 3.99. The van der Waals surface area contributed by atoms with Crippen LogP contribution in [0.2, 0.25) is 0 Å². The first-order valence-electron chi connectivity index (χ1n) is 5.63. The van der Waals surface area contributed by atoms with Crippen LogP contribution < -0.4 is 16.4 Å². The van der Waals surface area contributed by atoms with E-state index in [2.05, 4.69) is 48.1 Å². The summed E-state index contributed by atoms with van der Waals surface area (Å²) in [7, 11) is 0. The lowest BCUT2D eigenvalue weighted by molar-refractivity contribution is 0.976. The van der Waals surface area contributed by atoms with E-state index in [1.165, 1.54) is 0 Å². The van der Waals surface area contributed by atoms with Crippen LogP contribution in [0.1, 0.15) is 0 Å². The van der Waals surface area contributed by atoms with Crippen molar-refractivity contribution in [3.8, 4) is 0 Å². The number of fused-ring (bicyclic) bond motifs is 1. The molecule has 2 heterocycles. The van der Waals surface area contributed by atoms with E-state index in [1.807, 2.05) is 0 Å². The van der Waals surface area contributed by atoms with Crippen molar-refractivity contribution in [2.24, 2.45) is 0 Å². The molecule has 0 aliphatic rings. The summed E-state index contributed by atoms with van der Waals surface area (Å²) in [6, 6.07) is 4.97. The lowest BCUT2D eigenvalue weighted by Gasteiger charge is -2.06. The Bertz CT molecular complexity index is 885. The van der Waals surface area contributed by atoms with Crippen molar-refractivity contribution in [1.29, 1.82) is 0 Å². The Hall–Kier alpha value is -2.23.